The Morgan fingerprint density at radius 3 is 2.43 bits per heavy atom. The van der Waals surface area contributed by atoms with Gasteiger partial charge in [0.1, 0.15) is 5.82 Å². The highest BCUT2D eigenvalue weighted by Crippen LogP contribution is 2.34. The van der Waals surface area contributed by atoms with E-state index >= 15 is 0 Å². The quantitative estimate of drug-likeness (QED) is 0.812. The van der Waals surface area contributed by atoms with Crippen LogP contribution in [0.4, 0.5) is 15.8 Å². The number of halogens is 3. The van der Waals surface area contributed by atoms with Gasteiger partial charge in [0.15, 0.2) is 0 Å². The standard InChI is InChI=1S/C16H17Cl2FN2/c1-10(11-7-8-14(19)13(18)9-11)20-15-6-4-5-12(17)16(15)21(2)3/h4-10,20H,1-3H3. The Morgan fingerprint density at radius 2 is 1.81 bits per heavy atom. The van der Waals surface area contributed by atoms with Gasteiger partial charge in [-0.3, -0.25) is 0 Å². The highest BCUT2D eigenvalue weighted by Gasteiger charge is 2.13. The van der Waals surface area contributed by atoms with E-state index in [-0.39, 0.29) is 11.1 Å². The van der Waals surface area contributed by atoms with Gasteiger partial charge in [0.2, 0.25) is 0 Å². The lowest BCUT2D eigenvalue weighted by molar-refractivity contribution is 0.627. The number of para-hydroxylation sites is 1. The Balaban J connectivity index is 2.29. The Hall–Kier alpha value is -1.45. The Bertz CT molecular complexity index is 644. The molecule has 5 heteroatoms. The van der Waals surface area contributed by atoms with Crippen molar-refractivity contribution in [2.75, 3.05) is 24.3 Å². The molecular formula is C16H17Cl2FN2. The monoisotopic (exact) mass is 326 g/mol. The molecule has 0 aromatic heterocycles. The van der Waals surface area contributed by atoms with Crippen LogP contribution in [0.15, 0.2) is 36.4 Å². The lowest BCUT2D eigenvalue weighted by Crippen LogP contribution is -2.14. The summed E-state index contributed by atoms with van der Waals surface area (Å²) in [6, 6.07) is 10.4. The molecule has 0 aliphatic rings. The van der Waals surface area contributed by atoms with Crippen LogP contribution in [-0.2, 0) is 0 Å². The topological polar surface area (TPSA) is 15.3 Å². The van der Waals surface area contributed by atoms with Crippen molar-refractivity contribution < 1.29 is 4.39 Å². The third-order valence-corrected chi connectivity index (χ3v) is 3.84. The van der Waals surface area contributed by atoms with Crippen LogP contribution in [0.5, 0.6) is 0 Å². The van der Waals surface area contributed by atoms with Gasteiger partial charge in [-0.05, 0) is 36.8 Å². The zero-order valence-electron chi connectivity index (χ0n) is 12.1. The van der Waals surface area contributed by atoms with Gasteiger partial charge in [0.25, 0.3) is 0 Å². The molecule has 1 unspecified atom stereocenters. The summed E-state index contributed by atoms with van der Waals surface area (Å²) in [6.45, 7) is 1.99. The first kappa shape index (κ1) is 15.9. The zero-order chi connectivity index (χ0) is 15.6. The second kappa shape index (κ2) is 6.54. The Kier molecular flexibility index (Phi) is 4.96. The first-order valence-corrected chi connectivity index (χ1v) is 7.33. The summed E-state index contributed by atoms with van der Waals surface area (Å²) < 4.78 is 13.2. The van der Waals surface area contributed by atoms with E-state index in [2.05, 4.69) is 5.32 Å². The molecule has 0 fully saturated rings. The molecule has 1 atom stereocenters. The minimum absolute atomic E-state index is 0.0275. The molecule has 0 bridgehead atoms. The third kappa shape index (κ3) is 3.60. The molecule has 0 aliphatic carbocycles. The number of anilines is 2. The second-order valence-corrected chi connectivity index (χ2v) is 5.88. The van der Waals surface area contributed by atoms with Crippen molar-refractivity contribution in [2.24, 2.45) is 0 Å². The van der Waals surface area contributed by atoms with Crippen LogP contribution in [0, 0.1) is 5.82 Å². The van der Waals surface area contributed by atoms with Crippen molar-refractivity contribution in [3.63, 3.8) is 0 Å². The number of benzene rings is 2. The first-order chi connectivity index (χ1) is 9.90. The zero-order valence-corrected chi connectivity index (χ0v) is 13.6. The van der Waals surface area contributed by atoms with Crippen molar-refractivity contribution in [3.8, 4) is 0 Å². The van der Waals surface area contributed by atoms with Crippen LogP contribution >= 0.6 is 23.2 Å². The van der Waals surface area contributed by atoms with Gasteiger partial charge in [-0.1, -0.05) is 35.3 Å². The number of hydrogen-bond acceptors (Lipinski definition) is 2. The van der Waals surface area contributed by atoms with E-state index in [0.29, 0.717) is 5.02 Å². The summed E-state index contributed by atoms with van der Waals surface area (Å²) in [7, 11) is 3.87. The summed E-state index contributed by atoms with van der Waals surface area (Å²) in [5, 5.41) is 4.19. The minimum Gasteiger partial charge on any atom is -0.377 e. The molecule has 0 spiro atoms. The van der Waals surface area contributed by atoms with Gasteiger partial charge in [-0.2, -0.15) is 0 Å². The summed E-state index contributed by atoms with van der Waals surface area (Å²) in [6.07, 6.45) is 0. The predicted octanol–water partition coefficient (Wildman–Crippen LogP) is 5.37. The largest absolute Gasteiger partial charge is 0.377 e. The lowest BCUT2D eigenvalue weighted by atomic mass is 10.1. The molecule has 21 heavy (non-hydrogen) atoms. The number of hydrogen-bond donors (Lipinski definition) is 1. The van der Waals surface area contributed by atoms with Crippen molar-refractivity contribution in [1.29, 1.82) is 0 Å². The second-order valence-electron chi connectivity index (χ2n) is 5.07. The molecule has 0 radical (unpaired) electrons. The average molecular weight is 327 g/mol. The van der Waals surface area contributed by atoms with E-state index in [4.69, 9.17) is 23.2 Å². The Labute approximate surface area is 134 Å². The maximum absolute atomic E-state index is 13.2. The molecule has 0 amide bonds. The van der Waals surface area contributed by atoms with Crippen molar-refractivity contribution in [1.82, 2.24) is 0 Å². The first-order valence-electron chi connectivity index (χ1n) is 6.57. The van der Waals surface area contributed by atoms with E-state index in [0.717, 1.165) is 16.9 Å². The molecule has 2 aromatic rings. The van der Waals surface area contributed by atoms with E-state index < -0.39 is 5.82 Å². The SMILES string of the molecule is CC(Nc1cccc(Cl)c1N(C)C)c1ccc(F)c(Cl)c1. The molecule has 2 aromatic carbocycles. The summed E-state index contributed by atoms with van der Waals surface area (Å²) in [5.41, 5.74) is 2.74. The van der Waals surface area contributed by atoms with Crippen LogP contribution in [0.25, 0.3) is 0 Å². The maximum atomic E-state index is 13.2. The summed E-state index contributed by atoms with van der Waals surface area (Å²) >= 11 is 12.1. The molecule has 112 valence electrons. The summed E-state index contributed by atoms with van der Waals surface area (Å²) in [5.74, 6) is -0.413. The molecule has 1 N–H and O–H groups in total. The van der Waals surface area contributed by atoms with E-state index in [1.807, 2.05) is 44.1 Å². The van der Waals surface area contributed by atoms with E-state index in [1.165, 1.54) is 6.07 Å². The minimum atomic E-state index is -0.413. The highest BCUT2D eigenvalue weighted by molar-refractivity contribution is 6.34. The fourth-order valence-electron chi connectivity index (χ4n) is 2.18. The van der Waals surface area contributed by atoms with Crippen molar-refractivity contribution in [2.45, 2.75) is 13.0 Å². The number of rotatable bonds is 4. The van der Waals surface area contributed by atoms with Crippen LogP contribution < -0.4 is 10.2 Å². The van der Waals surface area contributed by atoms with E-state index in [9.17, 15) is 4.39 Å². The van der Waals surface area contributed by atoms with Gasteiger partial charge >= 0.3 is 0 Å². The normalized spacial score (nSPS) is 12.1. The fraction of sp³-hybridized carbons (Fsp3) is 0.250. The highest BCUT2D eigenvalue weighted by atomic mass is 35.5. The fourth-order valence-corrected chi connectivity index (χ4v) is 2.72. The van der Waals surface area contributed by atoms with Gasteiger partial charge in [-0.25, -0.2) is 4.39 Å². The van der Waals surface area contributed by atoms with Gasteiger partial charge < -0.3 is 10.2 Å². The van der Waals surface area contributed by atoms with Crippen LogP contribution in [0.1, 0.15) is 18.5 Å². The smallest absolute Gasteiger partial charge is 0.141 e. The van der Waals surface area contributed by atoms with Gasteiger partial charge in [0.05, 0.1) is 21.4 Å². The predicted molar refractivity (Wildman–Crippen MR) is 89.2 cm³/mol. The molecule has 2 nitrogen and oxygen atoms in total. The van der Waals surface area contributed by atoms with Gasteiger partial charge in [-0.15, -0.1) is 0 Å². The van der Waals surface area contributed by atoms with Crippen molar-refractivity contribution in [3.05, 3.63) is 57.8 Å². The molecule has 0 heterocycles. The number of nitrogens with one attached hydrogen (secondary N) is 1. The number of nitrogens with zero attached hydrogens (tertiary/aromatic N) is 1. The van der Waals surface area contributed by atoms with Gasteiger partial charge in [0, 0.05) is 20.1 Å². The van der Waals surface area contributed by atoms with E-state index in [1.54, 1.807) is 12.1 Å². The third-order valence-electron chi connectivity index (χ3n) is 3.25. The average Bonchev–Trinajstić information content (AvgIpc) is 2.41. The van der Waals surface area contributed by atoms with Crippen LogP contribution in [-0.4, -0.2) is 14.1 Å². The Morgan fingerprint density at radius 1 is 1.10 bits per heavy atom. The summed E-state index contributed by atoms with van der Waals surface area (Å²) in [4.78, 5) is 1.95. The van der Waals surface area contributed by atoms with Crippen LogP contribution in [0.2, 0.25) is 10.0 Å². The molecular weight excluding hydrogens is 310 g/mol. The molecule has 0 saturated heterocycles. The maximum Gasteiger partial charge on any atom is 0.141 e. The lowest BCUT2D eigenvalue weighted by Gasteiger charge is -2.23. The molecule has 0 saturated carbocycles. The van der Waals surface area contributed by atoms with Crippen molar-refractivity contribution >= 4 is 34.6 Å². The molecule has 0 aliphatic heterocycles. The molecule has 2 rings (SSSR count). The van der Waals surface area contributed by atoms with Crippen LogP contribution in [0.3, 0.4) is 0 Å².